The number of thiophene rings is 1. The van der Waals surface area contributed by atoms with E-state index in [1.54, 1.807) is 19.3 Å². The van der Waals surface area contributed by atoms with E-state index in [1.807, 2.05) is 9.47 Å². The van der Waals surface area contributed by atoms with E-state index in [-0.39, 0.29) is 22.6 Å². The third-order valence-corrected chi connectivity index (χ3v) is 10.0. The lowest BCUT2D eigenvalue weighted by Crippen LogP contribution is -2.47. The molecule has 0 radical (unpaired) electrons. The molecule has 0 bridgehead atoms. The maximum absolute atomic E-state index is 14.7. The topological polar surface area (TPSA) is 129 Å². The summed E-state index contributed by atoms with van der Waals surface area (Å²) in [5.74, 6) is 0.295. The quantitative estimate of drug-likeness (QED) is 0.340. The first-order valence-electron chi connectivity index (χ1n) is 14.3. The molecule has 3 aliphatic rings. The fourth-order valence-corrected chi connectivity index (χ4v) is 7.96. The van der Waals surface area contributed by atoms with E-state index in [0.29, 0.717) is 77.7 Å². The lowest BCUT2D eigenvalue weighted by atomic mass is 9.95. The van der Waals surface area contributed by atoms with E-state index in [1.165, 1.54) is 6.07 Å². The average Bonchev–Trinajstić information content (AvgIpc) is 3.69. The molecule has 0 saturated carbocycles. The maximum Gasteiger partial charge on any atom is 0.247 e. The number of ether oxygens (including phenoxy) is 1. The number of anilines is 2. The van der Waals surface area contributed by atoms with Crippen molar-refractivity contribution in [3.63, 3.8) is 0 Å². The van der Waals surface area contributed by atoms with Crippen molar-refractivity contribution in [1.82, 2.24) is 24.4 Å². The number of nitrogens with zero attached hydrogens (tertiary/aromatic N) is 7. The minimum Gasteiger partial charge on any atom is -0.474 e. The third kappa shape index (κ3) is 4.53. The number of benzene rings is 1. The number of hydrogen-bond acceptors (Lipinski definition) is 10. The molecule has 3 saturated heterocycles. The highest BCUT2D eigenvalue weighted by Gasteiger charge is 2.49. The molecular weight excluding hydrogens is 562 g/mol. The third-order valence-electron chi connectivity index (χ3n) is 8.97. The minimum atomic E-state index is -0.882. The van der Waals surface area contributed by atoms with Crippen molar-refractivity contribution in [3.05, 3.63) is 35.4 Å². The second-order valence-corrected chi connectivity index (χ2v) is 13.2. The van der Waals surface area contributed by atoms with Crippen molar-refractivity contribution in [2.24, 2.45) is 0 Å². The van der Waals surface area contributed by atoms with Gasteiger partial charge in [-0.05, 0) is 50.8 Å². The number of nitriles is 1. The Morgan fingerprint density at radius 3 is 2.90 bits per heavy atom. The van der Waals surface area contributed by atoms with E-state index in [2.05, 4.69) is 16.0 Å². The van der Waals surface area contributed by atoms with Gasteiger partial charge in [-0.15, -0.1) is 11.3 Å². The van der Waals surface area contributed by atoms with Crippen LogP contribution in [0.25, 0.3) is 21.3 Å². The first kappa shape index (κ1) is 27.2. The predicted molar refractivity (Wildman–Crippen MR) is 156 cm³/mol. The smallest absolute Gasteiger partial charge is 0.247 e. The molecule has 220 valence electrons. The van der Waals surface area contributed by atoms with Crippen LogP contribution in [0.15, 0.2) is 18.5 Å². The van der Waals surface area contributed by atoms with Gasteiger partial charge in [0.25, 0.3) is 0 Å². The highest BCUT2D eigenvalue weighted by Crippen LogP contribution is 2.41. The van der Waals surface area contributed by atoms with Crippen LogP contribution in [-0.4, -0.2) is 79.6 Å². The molecule has 0 spiro atoms. The van der Waals surface area contributed by atoms with Gasteiger partial charge in [0.15, 0.2) is 11.2 Å². The molecule has 7 rings (SSSR count). The Morgan fingerprint density at radius 2 is 2.10 bits per heavy atom. The molecule has 3 N–H and O–H groups in total. The van der Waals surface area contributed by atoms with E-state index < -0.39 is 17.6 Å². The lowest BCUT2D eigenvalue weighted by molar-refractivity contribution is 0.0444. The zero-order valence-corrected chi connectivity index (χ0v) is 24.1. The molecule has 0 amide bonds. The number of aliphatic hydroxyl groups is 1. The molecule has 13 heteroatoms. The molecule has 42 heavy (non-hydrogen) atoms. The van der Waals surface area contributed by atoms with Crippen LogP contribution in [0.4, 0.5) is 19.7 Å². The van der Waals surface area contributed by atoms with Crippen LogP contribution in [0, 0.1) is 17.1 Å². The summed E-state index contributed by atoms with van der Waals surface area (Å²) in [7, 11) is 0. The van der Waals surface area contributed by atoms with Crippen molar-refractivity contribution in [2.45, 2.75) is 62.9 Å². The summed E-state index contributed by atoms with van der Waals surface area (Å²) >= 11 is 1.06. The van der Waals surface area contributed by atoms with E-state index in [4.69, 9.17) is 20.4 Å². The number of rotatable bonds is 6. The fourth-order valence-electron chi connectivity index (χ4n) is 6.99. The normalized spacial score (nSPS) is 26.3. The van der Waals surface area contributed by atoms with Gasteiger partial charge >= 0.3 is 0 Å². The van der Waals surface area contributed by atoms with E-state index in [9.17, 15) is 19.1 Å². The molecule has 3 atom stereocenters. The van der Waals surface area contributed by atoms with Crippen molar-refractivity contribution >= 4 is 43.5 Å². The Balaban J connectivity index is 1.30. The summed E-state index contributed by atoms with van der Waals surface area (Å²) < 4.78 is 37.7. The Kier molecular flexibility index (Phi) is 6.49. The second-order valence-electron chi connectivity index (χ2n) is 12.1. The number of imidazole rings is 1. The van der Waals surface area contributed by atoms with Gasteiger partial charge in [0, 0.05) is 31.4 Å². The molecule has 0 unspecified atom stereocenters. The zero-order valence-electron chi connectivity index (χ0n) is 23.3. The Hall–Kier alpha value is -3.60. The number of β-amino-alcohol motifs (C(OH)–C–C–N with tert-alkyl or cyclic N) is 1. The summed E-state index contributed by atoms with van der Waals surface area (Å²) in [6, 6.07) is 5.15. The van der Waals surface area contributed by atoms with Crippen LogP contribution in [0.1, 0.15) is 50.2 Å². The van der Waals surface area contributed by atoms with Gasteiger partial charge in [-0.25, -0.2) is 13.8 Å². The van der Waals surface area contributed by atoms with Crippen molar-refractivity contribution in [3.8, 4) is 11.9 Å². The summed E-state index contributed by atoms with van der Waals surface area (Å²) in [5, 5.41) is 21.3. The average molecular weight is 595 g/mol. The van der Waals surface area contributed by atoms with Gasteiger partial charge in [0.2, 0.25) is 11.8 Å². The first-order valence-corrected chi connectivity index (χ1v) is 15.1. The number of nitrogen functional groups attached to an aromatic ring is 1. The largest absolute Gasteiger partial charge is 0.474 e. The van der Waals surface area contributed by atoms with E-state index in [0.717, 1.165) is 37.1 Å². The number of alkyl halides is 1. The SMILES string of the molecule is C[C@]1(O)CCCN(c2nc(OC[C@@]34CCCN3C[C@H](F)C4)c3ncn(Cc4ccc(F)c5sc(N)c(C#N)c45)c3n2)C1. The fraction of sp³-hybridized carbons (Fsp3) is 0.517. The number of aromatic nitrogens is 4. The van der Waals surface area contributed by atoms with Crippen LogP contribution in [0.2, 0.25) is 0 Å². The molecule has 10 nitrogen and oxygen atoms in total. The van der Waals surface area contributed by atoms with Crippen molar-refractivity contribution < 1.29 is 18.6 Å². The standard InChI is InChI=1S/C29H32F2N8O2S/c1-28(40)6-2-8-37(14-28)27-35-25-22(26(36-27)41-15-29-7-3-9-39(29)13-18(30)10-29)34-16-38(25)12-17-4-5-20(31)23-21(17)19(11-32)24(33)42-23/h4-5,16,18,40H,2-3,6-10,12-15,33H2,1H3/t18-,28+,29+/m1/s1. The van der Waals surface area contributed by atoms with Gasteiger partial charge in [0.1, 0.15) is 29.7 Å². The number of fused-ring (bicyclic) bond motifs is 3. The Morgan fingerprint density at radius 1 is 1.26 bits per heavy atom. The van der Waals surface area contributed by atoms with Crippen LogP contribution in [0.5, 0.6) is 5.88 Å². The Labute approximate surface area is 245 Å². The molecule has 6 heterocycles. The molecule has 0 aliphatic carbocycles. The summed E-state index contributed by atoms with van der Waals surface area (Å²) in [5.41, 5.74) is 6.75. The van der Waals surface area contributed by atoms with Gasteiger partial charge in [0.05, 0.1) is 34.3 Å². The number of piperidine rings is 1. The van der Waals surface area contributed by atoms with E-state index >= 15 is 0 Å². The van der Waals surface area contributed by atoms with Crippen LogP contribution in [-0.2, 0) is 6.54 Å². The number of halogens is 2. The Bertz CT molecular complexity index is 1730. The van der Waals surface area contributed by atoms with Crippen molar-refractivity contribution in [1.29, 1.82) is 5.26 Å². The highest BCUT2D eigenvalue weighted by atomic mass is 32.1. The summed E-state index contributed by atoms with van der Waals surface area (Å²) in [6.07, 6.45) is 4.52. The lowest BCUT2D eigenvalue weighted by Gasteiger charge is -2.37. The maximum atomic E-state index is 14.7. The van der Waals surface area contributed by atoms with Gasteiger partial charge < -0.3 is 25.0 Å². The molecule has 3 aliphatic heterocycles. The van der Waals surface area contributed by atoms with Crippen molar-refractivity contribution in [2.75, 3.05) is 43.4 Å². The van der Waals surface area contributed by atoms with Gasteiger partial charge in [-0.2, -0.15) is 15.2 Å². The van der Waals surface area contributed by atoms with Gasteiger partial charge in [-0.3, -0.25) is 4.90 Å². The number of hydrogen-bond donors (Lipinski definition) is 2. The van der Waals surface area contributed by atoms with Crippen LogP contribution in [0.3, 0.4) is 0 Å². The zero-order chi connectivity index (χ0) is 29.2. The number of nitrogens with two attached hydrogens (primary N) is 1. The predicted octanol–water partition coefficient (Wildman–Crippen LogP) is 3.99. The molecule has 3 fully saturated rings. The van der Waals surface area contributed by atoms with Crippen LogP contribution >= 0.6 is 11.3 Å². The summed E-state index contributed by atoms with van der Waals surface area (Å²) in [6.45, 7) is 4.68. The molecule has 4 aromatic rings. The second kappa shape index (κ2) is 10.00. The summed E-state index contributed by atoms with van der Waals surface area (Å²) in [4.78, 5) is 18.4. The monoisotopic (exact) mass is 594 g/mol. The van der Waals surface area contributed by atoms with Gasteiger partial charge in [-0.1, -0.05) is 6.07 Å². The molecule has 1 aromatic carbocycles. The highest BCUT2D eigenvalue weighted by molar-refractivity contribution is 7.23. The minimum absolute atomic E-state index is 0.256. The first-order chi connectivity index (χ1) is 20.2. The molecule has 3 aromatic heterocycles. The molecular formula is C29H32F2N8O2S. The van der Waals surface area contributed by atoms with Crippen LogP contribution < -0.4 is 15.4 Å².